The summed E-state index contributed by atoms with van der Waals surface area (Å²) in [6.07, 6.45) is 1.67. The van der Waals surface area contributed by atoms with Gasteiger partial charge in [0.15, 0.2) is 0 Å². The zero-order chi connectivity index (χ0) is 18.7. The van der Waals surface area contributed by atoms with Crippen molar-refractivity contribution in [3.8, 4) is 0 Å². The predicted octanol–water partition coefficient (Wildman–Crippen LogP) is 4.03. The highest BCUT2D eigenvalue weighted by Gasteiger charge is 2.32. The Morgan fingerprint density at radius 1 is 1.19 bits per heavy atom. The lowest BCUT2D eigenvalue weighted by molar-refractivity contribution is -0.384. The number of hydrogen-bond acceptors (Lipinski definition) is 5. The molecule has 0 N–H and O–H groups in total. The molecule has 0 fully saturated rings. The molecule has 0 spiro atoms. The lowest BCUT2D eigenvalue weighted by Crippen LogP contribution is -2.21. The van der Waals surface area contributed by atoms with Gasteiger partial charge in [0.05, 0.1) is 17.2 Å². The van der Waals surface area contributed by atoms with Gasteiger partial charge in [-0.1, -0.05) is 23.7 Å². The van der Waals surface area contributed by atoms with Crippen LogP contribution in [0, 0.1) is 10.1 Å². The maximum absolute atomic E-state index is 12.8. The van der Waals surface area contributed by atoms with E-state index in [1.165, 1.54) is 24.3 Å². The van der Waals surface area contributed by atoms with Crippen molar-refractivity contribution < 1.29 is 14.5 Å². The monoisotopic (exact) mass is 371 g/mol. The van der Waals surface area contributed by atoms with Gasteiger partial charge in [0, 0.05) is 17.2 Å². The van der Waals surface area contributed by atoms with Gasteiger partial charge in [-0.3, -0.25) is 14.9 Å². The molecule has 0 saturated heterocycles. The van der Waals surface area contributed by atoms with Crippen LogP contribution in [0.4, 0.5) is 11.4 Å². The minimum Gasteiger partial charge on any atom is -0.476 e. The van der Waals surface area contributed by atoms with E-state index in [9.17, 15) is 14.9 Å². The first-order valence-electron chi connectivity index (χ1n) is 7.77. The minimum atomic E-state index is -0.504. The zero-order valence-electron chi connectivity index (χ0n) is 13.8. The predicted molar refractivity (Wildman–Crippen MR) is 99.1 cm³/mol. The van der Waals surface area contributed by atoms with Crippen molar-refractivity contribution in [3.63, 3.8) is 0 Å². The molecule has 1 aliphatic rings. The van der Waals surface area contributed by atoms with Gasteiger partial charge < -0.3 is 4.74 Å². The van der Waals surface area contributed by atoms with Crippen molar-refractivity contribution in [3.05, 3.63) is 74.8 Å². The van der Waals surface area contributed by atoms with Crippen LogP contribution < -0.4 is 5.01 Å². The maximum atomic E-state index is 12.8. The number of carbonyl (C=O) groups excluding carboxylic acids is 1. The third-order valence-electron chi connectivity index (χ3n) is 3.61. The summed E-state index contributed by atoms with van der Waals surface area (Å²) in [6.45, 7) is 2.14. The highest BCUT2D eigenvalue weighted by molar-refractivity contribution is 6.31. The fourth-order valence-corrected chi connectivity index (χ4v) is 2.50. The van der Waals surface area contributed by atoms with E-state index in [0.717, 1.165) is 10.6 Å². The van der Waals surface area contributed by atoms with Crippen molar-refractivity contribution >= 4 is 40.9 Å². The van der Waals surface area contributed by atoms with Crippen LogP contribution in [0.25, 0.3) is 6.08 Å². The number of amides is 1. The number of benzene rings is 2. The number of nitro benzene ring substituents is 1. The molecule has 0 radical (unpaired) electrons. The van der Waals surface area contributed by atoms with Gasteiger partial charge in [-0.05, 0) is 42.8 Å². The number of carbonyl (C=O) groups is 1. The van der Waals surface area contributed by atoms with Crippen molar-refractivity contribution in [1.82, 2.24) is 0 Å². The SMILES string of the molecule is CCOC1=NN(c2ccc([N+](=O)[O-])cc2)C(=O)C1=Cc1ccc(Cl)cc1. The molecule has 1 amide bonds. The van der Waals surface area contributed by atoms with Gasteiger partial charge >= 0.3 is 0 Å². The first-order chi connectivity index (χ1) is 12.5. The number of hydrazone groups is 1. The number of anilines is 1. The second kappa shape index (κ2) is 7.37. The summed E-state index contributed by atoms with van der Waals surface area (Å²) in [7, 11) is 0. The molecule has 2 aromatic rings. The Morgan fingerprint density at radius 2 is 1.85 bits per heavy atom. The summed E-state index contributed by atoms with van der Waals surface area (Å²) in [6, 6.07) is 12.6. The molecule has 2 aromatic carbocycles. The molecular formula is C18H14ClN3O4. The van der Waals surface area contributed by atoms with E-state index >= 15 is 0 Å². The van der Waals surface area contributed by atoms with Crippen LogP contribution in [0.3, 0.4) is 0 Å². The fourth-order valence-electron chi connectivity index (χ4n) is 2.38. The highest BCUT2D eigenvalue weighted by atomic mass is 35.5. The third kappa shape index (κ3) is 3.57. The summed E-state index contributed by atoms with van der Waals surface area (Å²) in [5.41, 5.74) is 1.42. The van der Waals surface area contributed by atoms with E-state index in [2.05, 4.69) is 5.10 Å². The number of non-ortho nitro benzene ring substituents is 1. The number of halogens is 1. The third-order valence-corrected chi connectivity index (χ3v) is 3.86. The van der Waals surface area contributed by atoms with Crippen LogP contribution in [0.5, 0.6) is 0 Å². The molecule has 3 rings (SSSR count). The average Bonchev–Trinajstić information content (AvgIpc) is 2.93. The normalized spacial score (nSPS) is 15.3. The second-order valence-electron chi connectivity index (χ2n) is 5.34. The topological polar surface area (TPSA) is 85.0 Å². The first kappa shape index (κ1) is 17.6. The van der Waals surface area contributed by atoms with E-state index in [-0.39, 0.29) is 17.5 Å². The van der Waals surface area contributed by atoms with Gasteiger partial charge in [-0.25, -0.2) is 0 Å². The molecule has 0 aromatic heterocycles. The lowest BCUT2D eigenvalue weighted by Gasteiger charge is -2.10. The summed E-state index contributed by atoms with van der Waals surface area (Å²) in [4.78, 5) is 23.1. The molecule has 0 bridgehead atoms. The molecule has 7 nitrogen and oxygen atoms in total. The molecule has 1 aliphatic heterocycles. The molecule has 26 heavy (non-hydrogen) atoms. The summed E-state index contributed by atoms with van der Waals surface area (Å²) in [5.74, 6) is -0.178. The largest absolute Gasteiger partial charge is 0.476 e. The Hall–Kier alpha value is -3.19. The van der Waals surface area contributed by atoms with Crippen LogP contribution in [0.15, 0.2) is 59.2 Å². The average molecular weight is 372 g/mol. The number of ether oxygens (including phenoxy) is 1. The second-order valence-corrected chi connectivity index (χ2v) is 5.77. The van der Waals surface area contributed by atoms with E-state index in [1.54, 1.807) is 37.3 Å². The molecule has 1 heterocycles. The molecule has 132 valence electrons. The van der Waals surface area contributed by atoms with Gasteiger partial charge in [-0.15, -0.1) is 5.10 Å². The van der Waals surface area contributed by atoms with Crippen molar-refractivity contribution in [2.75, 3.05) is 11.6 Å². The van der Waals surface area contributed by atoms with Crippen LogP contribution in [0.1, 0.15) is 12.5 Å². The smallest absolute Gasteiger partial charge is 0.284 e. The molecule has 0 unspecified atom stereocenters. The fraction of sp³-hybridized carbons (Fsp3) is 0.111. The number of hydrogen-bond donors (Lipinski definition) is 0. The van der Waals surface area contributed by atoms with Gasteiger partial charge in [0.2, 0.25) is 5.90 Å². The Labute approximate surface area is 154 Å². The quantitative estimate of drug-likeness (QED) is 0.461. The molecule has 0 atom stereocenters. The zero-order valence-corrected chi connectivity index (χ0v) is 14.5. The molecule has 0 aliphatic carbocycles. The van der Waals surface area contributed by atoms with Crippen LogP contribution >= 0.6 is 11.6 Å². The van der Waals surface area contributed by atoms with Gasteiger partial charge in [0.25, 0.3) is 11.6 Å². The highest BCUT2D eigenvalue weighted by Crippen LogP contribution is 2.27. The maximum Gasteiger partial charge on any atom is 0.284 e. The molecular weight excluding hydrogens is 358 g/mol. The molecule has 0 saturated carbocycles. The number of rotatable bonds is 4. The summed E-state index contributed by atoms with van der Waals surface area (Å²) in [5, 5.41) is 16.7. The van der Waals surface area contributed by atoms with Crippen molar-refractivity contribution in [2.24, 2.45) is 5.10 Å². The number of nitrogens with zero attached hydrogens (tertiary/aromatic N) is 3. The van der Waals surface area contributed by atoms with Crippen molar-refractivity contribution in [2.45, 2.75) is 6.92 Å². The standard InChI is InChI=1S/C18H14ClN3O4/c1-2-26-17-16(11-12-3-5-13(19)6-4-12)18(23)21(20-17)14-7-9-15(10-8-14)22(24)25/h3-11H,2H2,1H3. The lowest BCUT2D eigenvalue weighted by atomic mass is 10.1. The Kier molecular flexibility index (Phi) is 4.99. The van der Waals surface area contributed by atoms with E-state index in [4.69, 9.17) is 16.3 Å². The van der Waals surface area contributed by atoms with Gasteiger partial charge in [0.1, 0.15) is 5.57 Å². The van der Waals surface area contributed by atoms with Crippen LogP contribution in [-0.4, -0.2) is 23.3 Å². The Balaban J connectivity index is 1.95. The molecule has 8 heteroatoms. The van der Waals surface area contributed by atoms with E-state index in [1.807, 2.05) is 0 Å². The van der Waals surface area contributed by atoms with Crippen LogP contribution in [-0.2, 0) is 9.53 Å². The summed E-state index contributed by atoms with van der Waals surface area (Å²) >= 11 is 5.88. The van der Waals surface area contributed by atoms with E-state index in [0.29, 0.717) is 22.9 Å². The first-order valence-corrected chi connectivity index (χ1v) is 8.15. The Morgan fingerprint density at radius 3 is 2.42 bits per heavy atom. The Bertz CT molecular complexity index is 905. The summed E-state index contributed by atoms with van der Waals surface area (Å²) < 4.78 is 5.48. The van der Waals surface area contributed by atoms with E-state index < -0.39 is 4.92 Å². The van der Waals surface area contributed by atoms with Gasteiger partial charge in [-0.2, -0.15) is 5.01 Å². The minimum absolute atomic E-state index is 0.0636. The number of nitro groups is 1. The van der Waals surface area contributed by atoms with Crippen LogP contribution in [0.2, 0.25) is 5.02 Å². The van der Waals surface area contributed by atoms with Crippen molar-refractivity contribution in [1.29, 1.82) is 0 Å².